The molecule has 0 radical (unpaired) electrons. The van der Waals surface area contributed by atoms with Crippen molar-refractivity contribution in [2.24, 2.45) is 5.73 Å². The molecule has 0 fully saturated rings. The first-order valence-corrected chi connectivity index (χ1v) is 11.6. The maximum atomic E-state index is 13.1. The van der Waals surface area contributed by atoms with Gasteiger partial charge in [-0.15, -0.1) is 10.2 Å². The van der Waals surface area contributed by atoms with Crippen LogP contribution in [-0.4, -0.2) is 27.2 Å². The summed E-state index contributed by atoms with van der Waals surface area (Å²) < 4.78 is 0.806. The van der Waals surface area contributed by atoms with Gasteiger partial charge >= 0.3 is 0 Å². The molecule has 1 atom stereocenters. The number of aromatic amines is 1. The summed E-state index contributed by atoms with van der Waals surface area (Å²) >= 11 is 2.91. The standard InChI is InChI=1S/C21H18N6OS2/c1-29-21-26-25-20(30-21)27-15-3-2-4-16(28)18(15)17(13(10-22)19(27)23)12-5-6-14-11(9-12)7-8-24-14/h5-9,17,24H,2-4,23H2,1H3/t17-/m0/s1. The third-order valence-corrected chi connectivity index (χ3v) is 7.47. The van der Waals surface area contributed by atoms with Gasteiger partial charge in [0.2, 0.25) is 5.13 Å². The molecule has 0 saturated heterocycles. The number of H-pyrrole nitrogens is 1. The van der Waals surface area contributed by atoms with Crippen molar-refractivity contribution >= 4 is 44.9 Å². The SMILES string of the molecule is CSc1nnc(N2C(N)=C(C#N)[C@H](c3ccc4[nH]ccc4c3)C3=C2CCCC3=O)s1. The number of carbonyl (C=O) groups is 1. The molecule has 9 heteroatoms. The fourth-order valence-electron chi connectivity index (χ4n) is 4.26. The zero-order valence-corrected chi connectivity index (χ0v) is 17.8. The van der Waals surface area contributed by atoms with Crippen molar-refractivity contribution in [2.75, 3.05) is 11.2 Å². The van der Waals surface area contributed by atoms with Crippen molar-refractivity contribution < 1.29 is 4.79 Å². The van der Waals surface area contributed by atoms with Crippen LogP contribution in [0.2, 0.25) is 0 Å². The van der Waals surface area contributed by atoms with Gasteiger partial charge in [0, 0.05) is 29.4 Å². The highest BCUT2D eigenvalue weighted by molar-refractivity contribution is 8.00. The molecule has 0 spiro atoms. The molecule has 0 saturated carbocycles. The van der Waals surface area contributed by atoms with Crippen LogP contribution in [0.15, 0.2) is 57.5 Å². The topological polar surface area (TPSA) is 112 Å². The molecule has 150 valence electrons. The van der Waals surface area contributed by atoms with Gasteiger partial charge in [0.25, 0.3) is 0 Å². The lowest BCUT2D eigenvalue weighted by atomic mass is 9.75. The highest BCUT2D eigenvalue weighted by Crippen LogP contribution is 2.47. The summed E-state index contributed by atoms with van der Waals surface area (Å²) in [6.07, 6.45) is 5.74. The Hall–Kier alpha value is -3.09. The quantitative estimate of drug-likeness (QED) is 0.598. The van der Waals surface area contributed by atoms with Crippen LogP contribution >= 0.6 is 23.1 Å². The normalized spacial score (nSPS) is 19.4. The van der Waals surface area contributed by atoms with E-state index in [4.69, 9.17) is 5.73 Å². The molecule has 30 heavy (non-hydrogen) atoms. The Morgan fingerprint density at radius 3 is 2.97 bits per heavy atom. The van der Waals surface area contributed by atoms with Crippen LogP contribution in [0.1, 0.15) is 30.7 Å². The first-order chi connectivity index (χ1) is 14.6. The minimum Gasteiger partial charge on any atom is -0.384 e. The number of aromatic nitrogens is 3. The minimum atomic E-state index is -0.471. The number of nitrogens with zero attached hydrogens (tertiary/aromatic N) is 4. The number of hydrogen-bond acceptors (Lipinski definition) is 8. The lowest BCUT2D eigenvalue weighted by Crippen LogP contribution is -2.38. The summed E-state index contributed by atoms with van der Waals surface area (Å²) in [4.78, 5) is 18.1. The lowest BCUT2D eigenvalue weighted by Gasteiger charge is -2.38. The van der Waals surface area contributed by atoms with Gasteiger partial charge in [-0.3, -0.25) is 9.69 Å². The Labute approximate surface area is 181 Å². The molecular formula is C21H18N6OS2. The predicted molar refractivity (Wildman–Crippen MR) is 118 cm³/mol. The van der Waals surface area contributed by atoms with Gasteiger partial charge in [0.05, 0.1) is 17.6 Å². The molecule has 0 unspecified atom stereocenters. The molecule has 1 aliphatic carbocycles. The Kier molecular flexibility index (Phi) is 4.60. The maximum absolute atomic E-state index is 13.1. The van der Waals surface area contributed by atoms with E-state index in [1.165, 1.54) is 23.1 Å². The van der Waals surface area contributed by atoms with Crippen molar-refractivity contribution in [3.63, 3.8) is 0 Å². The molecule has 5 rings (SSSR count). The minimum absolute atomic E-state index is 0.0651. The van der Waals surface area contributed by atoms with Gasteiger partial charge in [-0.05, 0) is 48.2 Å². The second kappa shape index (κ2) is 7.31. The van der Waals surface area contributed by atoms with Gasteiger partial charge in [-0.25, -0.2) is 0 Å². The smallest absolute Gasteiger partial charge is 0.219 e. The Morgan fingerprint density at radius 2 is 2.20 bits per heavy atom. The van der Waals surface area contributed by atoms with E-state index in [2.05, 4.69) is 21.3 Å². The summed E-state index contributed by atoms with van der Waals surface area (Å²) in [7, 11) is 0. The number of nitrogens with one attached hydrogen (secondary N) is 1. The molecule has 2 aromatic heterocycles. The number of benzene rings is 1. The van der Waals surface area contributed by atoms with Crippen molar-refractivity contribution in [3.05, 3.63) is 58.7 Å². The van der Waals surface area contributed by atoms with Gasteiger partial charge in [0.1, 0.15) is 5.82 Å². The monoisotopic (exact) mass is 434 g/mol. The summed E-state index contributed by atoms with van der Waals surface area (Å²) in [6, 6.07) is 10.2. The molecule has 3 heterocycles. The average Bonchev–Trinajstić information content (AvgIpc) is 3.41. The van der Waals surface area contributed by atoms with E-state index in [0.717, 1.165) is 32.9 Å². The average molecular weight is 435 g/mol. The van der Waals surface area contributed by atoms with Crippen LogP contribution in [0.5, 0.6) is 0 Å². The molecule has 0 amide bonds. The Morgan fingerprint density at radius 1 is 1.33 bits per heavy atom. The van der Waals surface area contributed by atoms with E-state index in [9.17, 15) is 10.1 Å². The van der Waals surface area contributed by atoms with E-state index >= 15 is 0 Å². The second-order valence-corrected chi connectivity index (χ2v) is 9.20. The number of rotatable bonds is 3. The largest absolute Gasteiger partial charge is 0.384 e. The highest BCUT2D eigenvalue weighted by Gasteiger charge is 2.41. The number of hydrogen-bond donors (Lipinski definition) is 2. The van der Waals surface area contributed by atoms with Gasteiger partial charge in [0.15, 0.2) is 10.1 Å². The van der Waals surface area contributed by atoms with Crippen LogP contribution in [0, 0.1) is 11.3 Å². The first kappa shape index (κ1) is 18.9. The van der Waals surface area contributed by atoms with E-state index in [1.54, 1.807) is 4.90 Å². The molecule has 7 nitrogen and oxygen atoms in total. The third-order valence-electron chi connectivity index (χ3n) is 5.59. The summed E-state index contributed by atoms with van der Waals surface area (Å²) in [6.45, 7) is 0. The summed E-state index contributed by atoms with van der Waals surface area (Å²) in [5.74, 6) is -0.0783. The lowest BCUT2D eigenvalue weighted by molar-refractivity contribution is -0.116. The van der Waals surface area contributed by atoms with Crippen LogP contribution in [-0.2, 0) is 4.79 Å². The van der Waals surface area contributed by atoms with Crippen molar-refractivity contribution in [3.8, 4) is 6.07 Å². The zero-order chi connectivity index (χ0) is 20.8. The first-order valence-electron chi connectivity index (χ1n) is 9.53. The maximum Gasteiger partial charge on any atom is 0.219 e. The van der Waals surface area contributed by atoms with E-state index in [0.29, 0.717) is 34.9 Å². The molecule has 1 aliphatic heterocycles. The number of nitrogens with two attached hydrogens (primary N) is 1. The van der Waals surface area contributed by atoms with Crippen molar-refractivity contribution in [1.82, 2.24) is 15.2 Å². The fourth-order valence-corrected chi connectivity index (χ4v) is 5.56. The molecule has 3 aromatic rings. The number of fused-ring (bicyclic) bond motifs is 1. The fraction of sp³-hybridized carbons (Fsp3) is 0.238. The van der Waals surface area contributed by atoms with Gasteiger partial charge in [-0.1, -0.05) is 29.2 Å². The number of carbonyl (C=O) groups excluding carboxylic acids is 1. The zero-order valence-electron chi connectivity index (χ0n) is 16.2. The number of Topliss-reactive ketones (excluding diaryl/α,β-unsaturated/α-hetero) is 1. The van der Waals surface area contributed by atoms with E-state index in [-0.39, 0.29) is 5.78 Å². The predicted octanol–water partition coefficient (Wildman–Crippen LogP) is 4.05. The highest BCUT2D eigenvalue weighted by atomic mass is 32.2. The van der Waals surface area contributed by atoms with Crippen molar-refractivity contribution in [1.29, 1.82) is 5.26 Å². The summed E-state index contributed by atoms with van der Waals surface area (Å²) in [5.41, 5.74) is 10.3. The number of nitriles is 1. The van der Waals surface area contributed by atoms with Gasteiger partial charge < -0.3 is 10.7 Å². The van der Waals surface area contributed by atoms with Crippen LogP contribution in [0.3, 0.4) is 0 Å². The molecular weight excluding hydrogens is 416 g/mol. The molecule has 2 aliphatic rings. The van der Waals surface area contributed by atoms with E-state index in [1.807, 2.05) is 36.7 Å². The Bertz CT molecular complexity index is 1280. The second-order valence-electron chi connectivity index (χ2n) is 7.20. The Balaban J connectivity index is 1.73. The third kappa shape index (κ3) is 2.83. The van der Waals surface area contributed by atoms with Crippen LogP contribution in [0.4, 0.5) is 5.13 Å². The number of thioether (sulfide) groups is 1. The number of anilines is 1. The molecule has 1 aromatic carbocycles. The van der Waals surface area contributed by atoms with Gasteiger partial charge in [-0.2, -0.15) is 5.26 Å². The van der Waals surface area contributed by atoms with Crippen molar-refractivity contribution in [2.45, 2.75) is 29.5 Å². The number of ketones is 1. The number of allylic oxidation sites excluding steroid dienone is 3. The van der Waals surface area contributed by atoms with Crippen LogP contribution < -0.4 is 10.6 Å². The molecule has 3 N–H and O–H groups in total. The molecule has 0 bridgehead atoms. The summed E-state index contributed by atoms with van der Waals surface area (Å²) in [5, 5.41) is 20.1. The van der Waals surface area contributed by atoms with Crippen LogP contribution in [0.25, 0.3) is 10.9 Å². The van der Waals surface area contributed by atoms with E-state index < -0.39 is 5.92 Å².